The molecule has 1 saturated heterocycles. The Hall–Kier alpha value is -1.86. The highest BCUT2D eigenvalue weighted by Gasteiger charge is 2.27. The SMILES string of the molecule is COc1ccc(OC2CCCN(C(=O)c3cc(Br)ccc3Cl)C2)nn1. The van der Waals surface area contributed by atoms with Crippen LogP contribution in [0.5, 0.6) is 11.8 Å². The summed E-state index contributed by atoms with van der Waals surface area (Å²) in [6.45, 7) is 1.16. The van der Waals surface area contributed by atoms with Crippen LogP contribution >= 0.6 is 27.5 Å². The zero-order valence-electron chi connectivity index (χ0n) is 13.6. The molecule has 132 valence electrons. The van der Waals surface area contributed by atoms with Crippen LogP contribution in [0, 0.1) is 0 Å². The number of benzene rings is 1. The van der Waals surface area contributed by atoms with E-state index >= 15 is 0 Å². The summed E-state index contributed by atoms with van der Waals surface area (Å²) in [6.07, 6.45) is 1.57. The van der Waals surface area contributed by atoms with Crippen LogP contribution in [0.15, 0.2) is 34.8 Å². The van der Waals surface area contributed by atoms with Crippen molar-refractivity contribution in [3.63, 3.8) is 0 Å². The van der Waals surface area contributed by atoms with Gasteiger partial charge in [-0.3, -0.25) is 4.79 Å². The van der Waals surface area contributed by atoms with E-state index in [4.69, 9.17) is 21.1 Å². The summed E-state index contributed by atoms with van der Waals surface area (Å²) < 4.78 is 11.7. The summed E-state index contributed by atoms with van der Waals surface area (Å²) in [5.74, 6) is 0.748. The number of nitrogens with zero attached hydrogens (tertiary/aromatic N) is 3. The molecular weight excluding hydrogens is 410 g/mol. The molecule has 1 aromatic carbocycles. The van der Waals surface area contributed by atoms with Crippen molar-refractivity contribution in [3.8, 4) is 11.8 Å². The minimum atomic E-state index is -0.133. The minimum Gasteiger partial charge on any atom is -0.480 e. The number of hydrogen-bond donors (Lipinski definition) is 0. The third-order valence-corrected chi connectivity index (χ3v) is 4.76. The van der Waals surface area contributed by atoms with Gasteiger partial charge < -0.3 is 14.4 Å². The first-order valence-corrected chi connectivity index (χ1v) is 9.02. The Morgan fingerprint density at radius 3 is 2.76 bits per heavy atom. The average Bonchev–Trinajstić information content (AvgIpc) is 2.64. The molecule has 0 saturated carbocycles. The van der Waals surface area contributed by atoms with Gasteiger partial charge in [0.25, 0.3) is 5.91 Å². The van der Waals surface area contributed by atoms with E-state index in [0.29, 0.717) is 35.4 Å². The van der Waals surface area contributed by atoms with E-state index in [0.717, 1.165) is 17.3 Å². The molecule has 0 radical (unpaired) electrons. The topological polar surface area (TPSA) is 64.6 Å². The van der Waals surface area contributed by atoms with Crippen LogP contribution in [-0.4, -0.2) is 47.3 Å². The summed E-state index contributed by atoms with van der Waals surface area (Å²) in [4.78, 5) is 14.5. The first-order chi connectivity index (χ1) is 12.1. The van der Waals surface area contributed by atoms with E-state index in [9.17, 15) is 4.79 Å². The van der Waals surface area contributed by atoms with E-state index < -0.39 is 0 Å². The van der Waals surface area contributed by atoms with Gasteiger partial charge in [0, 0.05) is 23.2 Å². The number of halogens is 2. The molecule has 25 heavy (non-hydrogen) atoms. The minimum absolute atomic E-state index is 0.0968. The molecule has 6 nitrogen and oxygen atoms in total. The molecule has 1 atom stereocenters. The largest absolute Gasteiger partial charge is 0.480 e. The molecule has 1 amide bonds. The highest BCUT2D eigenvalue weighted by Crippen LogP contribution is 2.25. The molecule has 1 aliphatic heterocycles. The summed E-state index contributed by atoms with van der Waals surface area (Å²) in [7, 11) is 1.53. The van der Waals surface area contributed by atoms with E-state index in [-0.39, 0.29) is 12.0 Å². The number of aromatic nitrogens is 2. The smallest absolute Gasteiger partial charge is 0.255 e. The second kappa shape index (κ2) is 8.01. The fourth-order valence-corrected chi connectivity index (χ4v) is 3.26. The lowest BCUT2D eigenvalue weighted by Gasteiger charge is -2.32. The molecule has 1 aliphatic rings. The first-order valence-electron chi connectivity index (χ1n) is 7.85. The number of rotatable bonds is 4. The Bertz CT molecular complexity index is 757. The van der Waals surface area contributed by atoms with Crippen LogP contribution < -0.4 is 9.47 Å². The van der Waals surface area contributed by atoms with Crippen molar-refractivity contribution in [1.29, 1.82) is 0 Å². The number of ether oxygens (including phenoxy) is 2. The number of carbonyl (C=O) groups excluding carboxylic acids is 1. The number of carbonyl (C=O) groups is 1. The standard InChI is InChI=1S/C17H17BrClN3O3/c1-24-15-6-7-16(21-20-15)25-12-3-2-8-22(10-12)17(23)13-9-11(18)4-5-14(13)19/h4-7,9,12H,2-3,8,10H2,1H3. The molecule has 0 N–H and O–H groups in total. The monoisotopic (exact) mass is 425 g/mol. The lowest BCUT2D eigenvalue weighted by Crippen LogP contribution is -2.44. The summed E-state index contributed by atoms with van der Waals surface area (Å²) in [5, 5.41) is 8.30. The van der Waals surface area contributed by atoms with Crippen LogP contribution in [0.25, 0.3) is 0 Å². The van der Waals surface area contributed by atoms with Gasteiger partial charge in [-0.05, 0) is 31.0 Å². The van der Waals surface area contributed by atoms with Crippen molar-refractivity contribution >= 4 is 33.4 Å². The molecule has 1 unspecified atom stereocenters. The lowest BCUT2D eigenvalue weighted by atomic mass is 10.1. The molecule has 0 bridgehead atoms. The summed E-state index contributed by atoms with van der Waals surface area (Å²) >= 11 is 9.55. The van der Waals surface area contributed by atoms with Gasteiger partial charge in [0.2, 0.25) is 11.8 Å². The summed E-state index contributed by atoms with van der Waals surface area (Å²) in [6, 6.07) is 8.66. The predicted molar refractivity (Wildman–Crippen MR) is 97.3 cm³/mol. The van der Waals surface area contributed by atoms with Crippen molar-refractivity contribution in [1.82, 2.24) is 15.1 Å². The van der Waals surface area contributed by atoms with Crippen LogP contribution in [0.4, 0.5) is 0 Å². The van der Waals surface area contributed by atoms with E-state index in [2.05, 4.69) is 26.1 Å². The van der Waals surface area contributed by atoms with Gasteiger partial charge in [-0.15, -0.1) is 10.2 Å². The average molecular weight is 427 g/mol. The fourth-order valence-electron chi connectivity index (χ4n) is 2.70. The third-order valence-electron chi connectivity index (χ3n) is 3.94. The van der Waals surface area contributed by atoms with Gasteiger partial charge >= 0.3 is 0 Å². The van der Waals surface area contributed by atoms with Crippen molar-refractivity contribution in [3.05, 3.63) is 45.4 Å². The molecule has 1 aromatic heterocycles. The van der Waals surface area contributed by atoms with Crippen molar-refractivity contribution in [2.24, 2.45) is 0 Å². The van der Waals surface area contributed by atoms with Crippen LogP contribution in [0.2, 0.25) is 5.02 Å². The second-order valence-corrected chi connectivity index (χ2v) is 6.99. The number of piperidine rings is 1. The molecule has 2 heterocycles. The maximum Gasteiger partial charge on any atom is 0.255 e. The second-order valence-electron chi connectivity index (χ2n) is 5.67. The van der Waals surface area contributed by atoms with Crippen LogP contribution in [-0.2, 0) is 0 Å². The Labute approximate surface area is 159 Å². The quantitative estimate of drug-likeness (QED) is 0.747. The third kappa shape index (κ3) is 4.41. The van der Waals surface area contributed by atoms with Gasteiger partial charge in [-0.25, -0.2) is 0 Å². The normalized spacial score (nSPS) is 17.2. The number of likely N-dealkylation sites (tertiary alicyclic amines) is 1. The molecule has 1 fully saturated rings. The lowest BCUT2D eigenvalue weighted by molar-refractivity contribution is 0.0525. The highest BCUT2D eigenvalue weighted by atomic mass is 79.9. The number of hydrogen-bond acceptors (Lipinski definition) is 5. The van der Waals surface area contributed by atoms with Crippen molar-refractivity contribution in [2.75, 3.05) is 20.2 Å². The fraction of sp³-hybridized carbons (Fsp3) is 0.353. The zero-order chi connectivity index (χ0) is 17.8. The molecule has 2 aromatic rings. The van der Waals surface area contributed by atoms with Gasteiger partial charge in [0.05, 0.1) is 24.2 Å². The van der Waals surface area contributed by atoms with E-state index in [1.54, 1.807) is 29.2 Å². The van der Waals surface area contributed by atoms with Gasteiger partial charge in [-0.1, -0.05) is 27.5 Å². The molecule has 0 spiro atoms. The van der Waals surface area contributed by atoms with E-state index in [1.807, 2.05) is 6.07 Å². The molecule has 0 aliphatic carbocycles. The number of methoxy groups -OCH3 is 1. The molecule has 8 heteroatoms. The Morgan fingerprint density at radius 1 is 1.28 bits per heavy atom. The summed E-state index contributed by atoms with van der Waals surface area (Å²) in [5.41, 5.74) is 0.487. The maximum absolute atomic E-state index is 12.8. The number of amides is 1. The van der Waals surface area contributed by atoms with Gasteiger partial charge in [0.1, 0.15) is 6.10 Å². The Kier molecular flexibility index (Phi) is 5.75. The zero-order valence-corrected chi connectivity index (χ0v) is 16.0. The molecule has 3 rings (SSSR count). The Balaban J connectivity index is 1.67. The van der Waals surface area contributed by atoms with Crippen molar-refractivity contribution < 1.29 is 14.3 Å². The predicted octanol–water partition coefficient (Wildman–Crippen LogP) is 3.58. The van der Waals surface area contributed by atoms with Crippen LogP contribution in [0.3, 0.4) is 0 Å². The maximum atomic E-state index is 12.8. The highest BCUT2D eigenvalue weighted by molar-refractivity contribution is 9.10. The molecular formula is C17H17BrClN3O3. The first kappa shape index (κ1) is 17.9. The van der Waals surface area contributed by atoms with Gasteiger partial charge in [-0.2, -0.15) is 0 Å². The van der Waals surface area contributed by atoms with E-state index in [1.165, 1.54) is 7.11 Å². The van der Waals surface area contributed by atoms with Gasteiger partial charge in [0.15, 0.2) is 0 Å². The van der Waals surface area contributed by atoms with Crippen molar-refractivity contribution in [2.45, 2.75) is 18.9 Å². The Morgan fingerprint density at radius 2 is 2.04 bits per heavy atom. The van der Waals surface area contributed by atoms with Crippen LogP contribution in [0.1, 0.15) is 23.2 Å².